The minimum atomic E-state index is 0.624. The van der Waals surface area contributed by atoms with E-state index in [4.69, 9.17) is 12.2 Å². The summed E-state index contributed by atoms with van der Waals surface area (Å²) in [7, 11) is 0. The molecule has 0 bridgehead atoms. The van der Waals surface area contributed by atoms with Crippen molar-refractivity contribution in [2.75, 3.05) is 13.1 Å². The molecule has 1 saturated heterocycles. The fourth-order valence-electron chi connectivity index (χ4n) is 3.49. The summed E-state index contributed by atoms with van der Waals surface area (Å²) in [6.07, 6.45) is 4.17. The Kier molecular flexibility index (Phi) is 4.80. The molecule has 26 heavy (non-hydrogen) atoms. The number of likely N-dealkylation sites (tertiary alicyclic amines) is 1. The lowest BCUT2D eigenvalue weighted by molar-refractivity contribution is 0.317. The van der Waals surface area contributed by atoms with Crippen LogP contribution in [-0.2, 0) is 0 Å². The molecule has 2 heterocycles. The van der Waals surface area contributed by atoms with Crippen LogP contribution in [0, 0.1) is 6.92 Å². The minimum absolute atomic E-state index is 0.624. The van der Waals surface area contributed by atoms with Crippen molar-refractivity contribution in [3.63, 3.8) is 0 Å². The highest BCUT2D eigenvalue weighted by Crippen LogP contribution is 2.28. The highest BCUT2D eigenvalue weighted by atomic mass is 32.1. The smallest absolute Gasteiger partial charge is 0.140 e. The van der Waals surface area contributed by atoms with Gasteiger partial charge in [-0.25, -0.2) is 4.68 Å². The van der Waals surface area contributed by atoms with E-state index in [0.717, 1.165) is 42.3 Å². The van der Waals surface area contributed by atoms with Crippen LogP contribution in [0.15, 0.2) is 60.8 Å². The SMILES string of the molecule is Cc1ccc(-n2cc(C(=S)N3CCC(c4ccccc4)CC3)nn2)cc1. The molecule has 2 aromatic carbocycles. The first-order valence-electron chi connectivity index (χ1n) is 9.04. The van der Waals surface area contributed by atoms with Gasteiger partial charge in [0.05, 0.1) is 11.9 Å². The number of hydrogen-bond donors (Lipinski definition) is 0. The van der Waals surface area contributed by atoms with Gasteiger partial charge in [-0.05, 0) is 43.4 Å². The van der Waals surface area contributed by atoms with Crippen LogP contribution < -0.4 is 0 Å². The third-order valence-corrected chi connectivity index (χ3v) is 5.53. The highest BCUT2D eigenvalue weighted by molar-refractivity contribution is 7.80. The summed E-state index contributed by atoms with van der Waals surface area (Å²) in [4.78, 5) is 3.06. The van der Waals surface area contributed by atoms with Crippen LogP contribution in [0.25, 0.3) is 5.69 Å². The van der Waals surface area contributed by atoms with Crippen molar-refractivity contribution in [2.45, 2.75) is 25.7 Å². The number of aryl methyl sites for hydroxylation is 1. The second-order valence-electron chi connectivity index (χ2n) is 6.86. The van der Waals surface area contributed by atoms with Crippen LogP contribution in [0.5, 0.6) is 0 Å². The maximum atomic E-state index is 5.69. The van der Waals surface area contributed by atoms with Crippen LogP contribution >= 0.6 is 12.2 Å². The molecule has 1 aromatic heterocycles. The van der Waals surface area contributed by atoms with E-state index in [2.05, 4.69) is 64.6 Å². The van der Waals surface area contributed by atoms with Gasteiger partial charge in [-0.1, -0.05) is 65.5 Å². The average Bonchev–Trinajstić information content (AvgIpc) is 3.19. The fourth-order valence-corrected chi connectivity index (χ4v) is 3.76. The second-order valence-corrected chi connectivity index (χ2v) is 7.25. The maximum absolute atomic E-state index is 5.69. The lowest BCUT2D eigenvalue weighted by Gasteiger charge is -2.33. The molecule has 1 aliphatic heterocycles. The van der Waals surface area contributed by atoms with Crippen LogP contribution in [-0.4, -0.2) is 38.0 Å². The second kappa shape index (κ2) is 7.38. The maximum Gasteiger partial charge on any atom is 0.140 e. The molecule has 0 atom stereocenters. The molecular formula is C21H22N4S. The number of thiocarbonyl (C=S) groups is 1. The largest absolute Gasteiger partial charge is 0.361 e. The molecule has 1 aliphatic rings. The van der Waals surface area contributed by atoms with E-state index >= 15 is 0 Å². The van der Waals surface area contributed by atoms with E-state index < -0.39 is 0 Å². The third kappa shape index (κ3) is 3.53. The molecule has 5 heteroatoms. The van der Waals surface area contributed by atoms with Gasteiger partial charge >= 0.3 is 0 Å². The molecule has 4 rings (SSSR count). The van der Waals surface area contributed by atoms with Crippen molar-refractivity contribution in [2.24, 2.45) is 0 Å². The zero-order chi connectivity index (χ0) is 17.9. The summed E-state index contributed by atoms with van der Waals surface area (Å²) in [5, 5.41) is 8.54. The molecule has 4 nitrogen and oxygen atoms in total. The van der Waals surface area contributed by atoms with E-state index in [-0.39, 0.29) is 0 Å². The van der Waals surface area contributed by atoms with Crippen LogP contribution in [0.3, 0.4) is 0 Å². The van der Waals surface area contributed by atoms with E-state index in [0.29, 0.717) is 5.92 Å². The Morgan fingerprint density at radius 1 is 1.00 bits per heavy atom. The molecule has 0 spiro atoms. The lowest BCUT2D eigenvalue weighted by Crippen LogP contribution is -2.37. The van der Waals surface area contributed by atoms with Crippen LogP contribution in [0.2, 0.25) is 0 Å². The van der Waals surface area contributed by atoms with Crippen LogP contribution in [0.1, 0.15) is 35.6 Å². The Hall–Kier alpha value is -2.53. The van der Waals surface area contributed by atoms with E-state index in [1.54, 1.807) is 4.68 Å². The molecule has 1 fully saturated rings. The molecular weight excluding hydrogens is 340 g/mol. The van der Waals surface area contributed by atoms with Gasteiger partial charge < -0.3 is 4.90 Å². The lowest BCUT2D eigenvalue weighted by atomic mass is 9.89. The van der Waals surface area contributed by atoms with E-state index in [1.807, 2.05) is 18.3 Å². The van der Waals surface area contributed by atoms with Gasteiger partial charge in [-0.3, -0.25) is 0 Å². The molecule has 132 valence electrons. The Morgan fingerprint density at radius 3 is 2.38 bits per heavy atom. The van der Waals surface area contributed by atoms with Gasteiger partial charge in [0.1, 0.15) is 10.7 Å². The normalized spacial score (nSPS) is 15.2. The van der Waals surface area contributed by atoms with Gasteiger partial charge in [-0.15, -0.1) is 5.10 Å². The number of benzene rings is 2. The first kappa shape index (κ1) is 16.9. The Balaban J connectivity index is 1.42. The van der Waals surface area contributed by atoms with Crippen LogP contribution in [0.4, 0.5) is 0 Å². The molecule has 3 aromatic rings. The molecule has 0 radical (unpaired) electrons. The van der Waals surface area contributed by atoms with E-state index in [1.165, 1.54) is 11.1 Å². The predicted molar refractivity (Wildman–Crippen MR) is 108 cm³/mol. The Labute approximate surface area is 159 Å². The monoisotopic (exact) mass is 362 g/mol. The Morgan fingerprint density at radius 2 is 1.69 bits per heavy atom. The summed E-state index contributed by atoms with van der Waals surface area (Å²) in [5.41, 5.74) is 4.44. The van der Waals surface area contributed by atoms with Gasteiger partial charge in [-0.2, -0.15) is 0 Å². The van der Waals surface area contributed by atoms with Crippen molar-refractivity contribution in [3.05, 3.63) is 77.6 Å². The fraction of sp³-hybridized carbons (Fsp3) is 0.286. The van der Waals surface area contributed by atoms with E-state index in [9.17, 15) is 0 Å². The number of hydrogen-bond acceptors (Lipinski definition) is 3. The van der Waals surface area contributed by atoms with Gasteiger partial charge in [0, 0.05) is 13.1 Å². The molecule has 0 saturated carbocycles. The molecule has 0 aliphatic carbocycles. The number of piperidine rings is 1. The number of aromatic nitrogens is 3. The summed E-state index contributed by atoms with van der Waals surface area (Å²) in [5.74, 6) is 0.624. The molecule has 0 amide bonds. The van der Waals surface area contributed by atoms with Crippen molar-refractivity contribution in [3.8, 4) is 5.69 Å². The zero-order valence-corrected chi connectivity index (χ0v) is 15.7. The highest BCUT2D eigenvalue weighted by Gasteiger charge is 2.23. The third-order valence-electron chi connectivity index (χ3n) is 5.06. The summed E-state index contributed by atoms with van der Waals surface area (Å²) in [6, 6.07) is 19.0. The standard InChI is InChI=1S/C21H22N4S/c1-16-7-9-19(10-8-16)25-15-20(22-23-25)21(26)24-13-11-18(12-14-24)17-5-3-2-4-6-17/h2-10,15,18H,11-14H2,1H3. The van der Waals surface area contributed by atoms with Gasteiger partial charge in [0.2, 0.25) is 0 Å². The zero-order valence-electron chi connectivity index (χ0n) is 14.9. The molecule has 0 unspecified atom stereocenters. The quantitative estimate of drug-likeness (QED) is 0.656. The van der Waals surface area contributed by atoms with Crippen molar-refractivity contribution < 1.29 is 0 Å². The molecule has 0 N–H and O–H groups in total. The first-order valence-corrected chi connectivity index (χ1v) is 9.45. The van der Waals surface area contributed by atoms with Gasteiger partial charge in [0.25, 0.3) is 0 Å². The predicted octanol–water partition coefficient (Wildman–Crippen LogP) is 4.13. The average molecular weight is 363 g/mol. The van der Waals surface area contributed by atoms with Crippen molar-refractivity contribution in [1.82, 2.24) is 19.9 Å². The number of rotatable bonds is 3. The van der Waals surface area contributed by atoms with Gasteiger partial charge in [0.15, 0.2) is 0 Å². The summed E-state index contributed by atoms with van der Waals surface area (Å²) >= 11 is 5.69. The summed E-state index contributed by atoms with van der Waals surface area (Å²) in [6.45, 7) is 4.01. The first-order chi connectivity index (χ1) is 12.7. The minimum Gasteiger partial charge on any atom is -0.361 e. The Bertz CT molecular complexity index is 878. The summed E-state index contributed by atoms with van der Waals surface area (Å²) < 4.78 is 1.79. The topological polar surface area (TPSA) is 34.0 Å². The van der Waals surface area contributed by atoms with Crippen molar-refractivity contribution in [1.29, 1.82) is 0 Å². The number of nitrogens with zero attached hydrogens (tertiary/aromatic N) is 4. The van der Waals surface area contributed by atoms with Crippen molar-refractivity contribution >= 4 is 17.2 Å².